The van der Waals surface area contributed by atoms with Gasteiger partial charge in [-0.05, 0) is 40.2 Å². The first kappa shape index (κ1) is 14.2. The van der Waals surface area contributed by atoms with E-state index >= 15 is 0 Å². The molecule has 0 spiro atoms. The summed E-state index contributed by atoms with van der Waals surface area (Å²) in [5.74, 6) is 0.220. The highest BCUT2D eigenvalue weighted by atomic mass is 79.9. The largest absolute Gasteiger partial charge is 0.397 e. The molecule has 106 valence electrons. The Bertz CT molecular complexity index is 820. The summed E-state index contributed by atoms with van der Waals surface area (Å²) >= 11 is 6.74. The number of anilines is 1. The Labute approximate surface area is 136 Å². The van der Waals surface area contributed by atoms with Crippen molar-refractivity contribution in [1.29, 1.82) is 0 Å². The molecule has 0 saturated heterocycles. The van der Waals surface area contributed by atoms with Crippen molar-refractivity contribution in [3.8, 4) is 22.8 Å². The second kappa shape index (κ2) is 5.57. The van der Waals surface area contributed by atoms with Gasteiger partial charge in [-0.2, -0.15) is 4.98 Å². The van der Waals surface area contributed by atoms with E-state index in [1.807, 2.05) is 6.07 Å². The highest BCUT2D eigenvalue weighted by Gasteiger charge is 2.15. The Morgan fingerprint density at radius 2 is 1.95 bits per heavy atom. The van der Waals surface area contributed by atoms with Crippen molar-refractivity contribution in [2.75, 3.05) is 5.73 Å². The van der Waals surface area contributed by atoms with Gasteiger partial charge < -0.3 is 10.3 Å². The van der Waals surface area contributed by atoms with Crippen LogP contribution < -0.4 is 5.73 Å². The van der Waals surface area contributed by atoms with E-state index in [0.29, 0.717) is 22.6 Å². The monoisotopic (exact) mass is 411 g/mol. The van der Waals surface area contributed by atoms with Gasteiger partial charge in [0.1, 0.15) is 5.82 Å². The molecule has 0 fully saturated rings. The van der Waals surface area contributed by atoms with Gasteiger partial charge in [-0.1, -0.05) is 33.2 Å². The molecule has 0 radical (unpaired) electrons. The first-order chi connectivity index (χ1) is 10.0. The quantitative estimate of drug-likeness (QED) is 0.622. The third-order valence-corrected chi connectivity index (χ3v) is 3.95. The zero-order chi connectivity index (χ0) is 15.0. The van der Waals surface area contributed by atoms with Crippen LogP contribution >= 0.6 is 31.9 Å². The summed E-state index contributed by atoms with van der Waals surface area (Å²) in [6, 6.07) is 9.59. The van der Waals surface area contributed by atoms with E-state index in [0.717, 1.165) is 8.95 Å². The molecule has 0 unspecified atom stereocenters. The molecular formula is C14H8Br2FN3O. The SMILES string of the molecule is Nc1c(Br)cc(Br)cc1-c1nc(-c2cccc(F)c2)no1. The number of nitrogens with zero attached hydrogens (tertiary/aromatic N) is 2. The first-order valence-corrected chi connectivity index (χ1v) is 7.48. The number of aromatic nitrogens is 2. The molecule has 2 N–H and O–H groups in total. The fourth-order valence-corrected chi connectivity index (χ4v) is 3.06. The van der Waals surface area contributed by atoms with Gasteiger partial charge in [-0.25, -0.2) is 4.39 Å². The van der Waals surface area contributed by atoms with Crippen LogP contribution in [-0.2, 0) is 0 Å². The highest BCUT2D eigenvalue weighted by Crippen LogP contribution is 2.35. The summed E-state index contributed by atoms with van der Waals surface area (Å²) in [4.78, 5) is 4.27. The molecule has 0 aliphatic rings. The Kier molecular flexibility index (Phi) is 3.77. The average Bonchev–Trinajstić information content (AvgIpc) is 2.92. The van der Waals surface area contributed by atoms with Crippen LogP contribution in [0.2, 0.25) is 0 Å². The van der Waals surface area contributed by atoms with Crippen LogP contribution in [0.25, 0.3) is 22.8 Å². The zero-order valence-electron chi connectivity index (χ0n) is 10.5. The average molecular weight is 413 g/mol. The Morgan fingerprint density at radius 3 is 2.71 bits per heavy atom. The molecule has 0 saturated carbocycles. The van der Waals surface area contributed by atoms with Gasteiger partial charge in [0.25, 0.3) is 5.89 Å². The molecule has 3 aromatic rings. The predicted molar refractivity (Wildman–Crippen MR) is 84.9 cm³/mol. The van der Waals surface area contributed by atoms with Gasteiger partial charge in [-0.3, -0.25) is 0 Å². The molecule has 7 heteroatoms. The number of nitrogens with two attached hydrogens (primary N) is 1. The molecule has 21 heavy (non-hydrogen) atoms. The summed E-state index contributed by atoms with van der Waals surface area (Å²) in [5, 5.41) is 3.87. The minimum atomic E-state index is -0.358. The van der Waals surface area contributed by atoms with Crippen LogP contribution in [0.4, 0.5) is 10.1 Å². The molecule has 2 aromatic carbocycles. The van der Waals surface area contributed by atoms with Gasteiger partial charge in [0.05, 0.1) is 11.3 Å². The van der Waals surface area contributed by atoms with Gasteiger partial charge in [-0.15, -0.1) is 0 Å². The lowest BCUT2D eigenvalue weighted by atomic mass is 10.2. The number of halogens is 3. The summed E-state index contributed by atoms with van der Waals surface area (Å²) in [5.41, 5.74) is 7.64. The van der Waals surface area contributed by atoms with Crippen molar-refractivity contribution in [3.63, 3.8) is 0 Å². The topological polar surface area (TPSA) is 64.9 Å². The number of rotatable bonds is 2. The van der Waals surface area contributed by atoms with E-state index < -0.39 is 0 Å². The Balaban J connectivity index is 2.07. The molecule has 0 atom stereocenters. The second-order valence-corrected chi connectivity index (χ2v) is 6.05. The molecule has 4 nitrogen and oxygen atoms in total. The van der Waals surface area contributed by atoms with Crippen molar-refractivity contribution in [2.24, 2.45) is 0 Å². The van der Waals surface area contributed by atoms with E-state index in [4.69, 9.17) is 10.3 Å². The third-order valence-electron chi connectivity index (χ3n) is 2.83. The molecular weight excluding hydrogens is 405 g/mol. The van der Waals surface area contributed by atoms with E-state index in [2.05, 4.69) is 42.0 Å². The maximum absolute atomic E-state index is 13.2. The molecule has 1 heterocycles. The number of benzene rings is 2. The summed E-state index contributed by atoms with van der Waals surface area (Å²) in [6.45, 7) is 0. The standard InChI is InChI=1S/C14H8Br2FN3O/c15-8-5-10(12(18)11(16)6-8)14-19-13(20-21-14)7-2-1-3-9(17)4-7/h1-6H,18H2. The Hall–Kier alpha value is -1.73. The van der Waals surface area contributed by atoms with Crippen LogP contribution in [0.5, 0.6) is 0 Å². The smallest absolute Gasteiger partial charge is 0.260 e. The highest BCUT2D eigenvalue weighted by molar-refractivity contribution is 9.11. The maximum Gasteiger partial charge on any atom is 0.260 e. The van der Waals surface area contributed by atoms with Crippen LogP contribution in [0.1, 0.15) is 0 Å². The lowest BCUT2D eigenvalue weighted by molar-refractivity contribution is 0.432. The van der Waals surface area contributed by atoms with E-state index in [1.165, 1.54) is 12.1 Å². The van der Waals surface area contributed by atoms with Crippen LogP contribution in [0, 0.1) is 5.82 Å². The lowest BCUT2D eigenvalue weighted by Crippen LogP contribution is -1.92. The van der Waals surface area contributed by atoms with Crippen molar-refractivity contribution in [1.82, 2.24) is 10.1 Å². The van der Waals surface area contributed by atoms with Crippen LogP contribution in [0.3, 0.4) is 0 Å². The third kappa shape index (κ3) is 2.84. The summed E-state index contributed by atoms with van der Waals surface area (Å²) in [6.07, 6.45) is 0. The number of hydrogen-bond donors (Lipinski definition) is 1. The van der Waals surface area contributed by atoms with Crippen molar-refractivity contribution in [2.45, 2.75) is 0 Å². The minimum absolute atomic E-state index is 0.272. The van der Waals surface area contributed by atoms with Crippen molar-refractivity contribution >= 4 is 37.5 Å². The number of nitrogen functional groups attached to an aromatic ring is 1. The maximum atomic E-state index is 13.2. The zero-order valence-corrected chi connectivity index (χ0v) is 13.7. The fraction of sp³-hybridized carbons (Fsp3) is 0. The number of hydrogen-bond acceptors (Lipinski definition) is 4. The van der Waals surface area contributed by atoms with Crippen molar-refractivity contribution < 1.29 is 8.91 Å². The minimum Gasteiger partial charge on any atom is -0.397 e. The van der Waals surface area contributed by atoms with E-state index in [1.54, 1.807) is 18.2 Å². The van der Waals surface area contributed by atoms with E-state index in [-0.39, 0.29) is 11.7 Å². The van der Waals surface area contributed by atoms with Gasteiger partial charge in [0.2, 0.25) is 5.82 Å². The Morgan fingerprint density at radius 1 is 1.14 bits per heavy atom. The molecule has 0 bridgehead atoms. The van der Waals surface area contributed by atoms with Crippen molar-refractivity contribution in [3.05, 3.63) is 51.2 Å². The van der Waals surface area contributed by atoms with Gasteiger partial charge >= 0.3 is 0 Å². The molecule has 0 amide bonds. The van der Waals surface area contributed by atoms with Crippen LogP contribution in [0.15, 0.2) is 49.9 Å². The normalized spacial score (nSPS) is 10.8. The molecule has 0 aliphatic carbocycles. The van der Waals surface area contributed by atoms with Gasteiger partial charge in [0, 0.05) is 14.5 Å². The molecule has 0 aliphatic heterocycles. The van der Waals surface area contributed by atoms with Crippen LogP contribution in [-0.4, -0.2) is 10.1 Å². The molecule has 1 aromatic heterocycles. The predicted octanol–water partition coefficient (Wildman–Crippen LogP) is 4.65. The second-order valence-electron chi connectivity index (χ2n) is 4.28. The van der Waals surface area contributed by atoms with Gasteiger partial charge in [0.15, 0.2) is 0 Å². The summed E-state index contributed by atoms with van der Waals surface area (Å²) in [7, 11) is 0. The fourth-order valence-electron chi connectivity index (χ4n) is 1.84. The van der Waals surface area contributed by atoms with E-state index in [9.17, 15) is 4.39 Å². The lowest BCUT2D eigenvalue weighted by Gasteiger charge is -2.04. The molecule has 3 rings (SSSR count). The summed E-state index contributed by atoms with van der Waals surface area (Å²) < 4.78 is 20.0. The first-order valence-electron chi connectivity index (χ1n) is 5.89.